The molecule has 2 rings (SSSR count). The van der Waals surface area contributed by atoms with E-state index < -0.39 is 11.8 Å². The summed E-state index contributed by atoms with van der Waals surface area (Å²) in [6.45, 7) is 11.5. The second kappa shape index (κ2) is 12.8. The molecule has 0 saturated heterocycles. The number of aryl methyl sites for hydroxylation is 3. The van der Waals surface area contributed by atoms with Crippen LogP contribution in [0.4, 0.5) is 5.69 Å². The second-order valence-corrected chi connectivity index (χ2v) is 7.45. The Balaban J connectivity index is 2.01. The summed E-state index contributed by atoms with van der Waals surface area (Å²) in [4.78, 5) is 35.6. The van der Waals surface area contributed by atoms with Crippen LogP contribution in [0.3, 0.4) is 0 Å². The number of ether oxygens (including phenoxy) is 2. The van der Waals surface area contributed by atoms with Gasteiger partial charge in [0.2, 0.25) is 0 Å². The monoisotopic (exact) mass is 466 g/mol. The van der Waals surface area contributed by atoms with Gasteiger partial charge in [-0.25, -0.2) is 5.43 Å². The van der Waals surface area contributed by atoms with Gasteiger partial charge in [0, 0.05) is 12.2 Å². The molecule has 0 radical (unpaired) electrons. The van der Waals surface area contributed by atoms with Crippen molar-refractivity contribution in [3.8, 4) is 11.5 Å². The van der Waals surface area contributed by atoms with Gasteiger partial charge < -0.3 is 20.1 Å². The number of hydrogen-bond donors (Lipinski definition) is 3. The molecule has 0 unspecified atom stereocenters. The third-order valence-corrected chi connectivity index (χ3v) is 4.56. The molecular formula is C25H30N4O5. The Morgan fingerprint density at radius 1 is 1.00 bits per heavy atom. The van der Waals surface area contributed by atoms with Crippen molar-refractivity contribution in [1.29, 1.82) is 0 Å². The lowest BCUT2D eigenvalue weighted by atomic mass is 10.1. The summed E-state index contributed by atoms with van der Waals surface area (Å²) in [5.41, 5.74) is 6.60. The predicted molar refractivity (Wildman–Crippen MR) is 131 cm³/mol. The number of nitrogens with one attached hydrogen (secondary N) is 3. The Morgan fingerprint density at radius 2 is 1.71 bits per heavy atom. The van der Waals surface area contributed by atoms with Crippen LogP contribution in [0.2, 0.25) is 0 Å². The number of carbonyl (C=O) groups excluding carboxylic acids is 3. The van der Waals surface area contributed by atoms with Crippen molar-refractivity contribution in [2.45, 2.75) is 27.7 Å². The van der Waals surface area contributed by atoms with Gasteiger partial charge in [-0.2, -0.15) is 5.10 Å². The molecule has 180 valence electrons. The number of amides is 3. The minimum absolute atomic E-state index is 0.178. The Morgan fingerprint density at radius 3 is 2.35 bits per heavy atom. The highest BCUT2D eigenvalue weighted by atomic mass is 16.5. The lowest BCUT2D eigenvalue weighted by Crippen LogP contribution is -2.37. The maximum Gasteiger partial charge on any atom is 0.329 e. The third-order valence-electron chi connectivity index (χ3n) is 4.56. The van der Waals surface area contributed by atoms with Crippen molar-refractivity contribution in [3.63, 3.8) is 0 Å². The van der Waals surface area contributed by atoms with Gasteiger partial charge in [-0.05, 0) is 62.6 Å². The fraction of sp³-hybridized carbons (Fsp3) is 0.280. The van der Waals surface area contributed by atoms with E-state index in [9.17, 15) is 14.4 Å². The Bertz CT molecular complexity index is 1070. The van der Waals surface area contributed by atoms with Crippen LogP contribution in [0, 0.1) is 20.8 Å². The zero-order valence-electron chi connectivity index (χ0n) is 19.9. The molecule has 0 aliphatic rings. The van der Waals surface area contributed by atoms with E-state index in [2.05, 4.69) is 27.7 Å². The zero-order valence-corrected chi connectivity index (χ0v) is 19.9. The van der Waals surface area contributed by atoms with Crippen molar-refractivity contribution in [2.24, 2.45) is 5.10 Å². The molecule has 2 aromatic rings. The van der Waals surface area contributed by atoms with Crippen molar-refractivity contribution in [2.75, 3.05) is 25.1 Å². The predicted octanol–water partition coefficient (Wildman–Crippen LogP) is 2.78. The molecule has 0 aromatic heterocycles. The number of anilines is 1. The van der Waals surface area contributed by atoms with Gasteiger partial charge in [0.1, 0.15) is 0 Å². The van der Waals surface area contributed by atoms with E-state index in [0.29, 0.717) is 23.7 Å². The van der Waals surface area contributed by atoms with E-state index >= 15 is 0 Å². The van der Waals surface area contributed by atoms with E-state index in [1.165, 1.54) is 12.3 Å². The van der Waals surface area contributed by atoms with Crippen molar-refractivity contribution in [3.05, 3.63) is 65.2 Å². The summed E-state index contributed by atoms with van der Waals surface area (Å²) in [5.74, 6) is -1.20. The van der Waals surface area contributed by atoms with Crippen LogP contribution in [0.25, 0.3) is 0 Å². The summed E-state index contributed by atoms with van der Waals surface area (Å²) < 4.78 is 11.3. The first-order chi connectivity index (χ1) is 16.2. The number of benzene rings is 2. The molecule has 3 N–H and O–H groups in total. The highest BCUT2D eigenvalue weighted by Crippen LogP contribution is 2.28. The largest absolute Gasteiger partial charge is 0.490 e. The van der Waals surface area contributed by atoms with E-state index in [4.69, 9.17) is 9.47 Å². The molecule has 2 aromatic carbocycles. The van der Waals surface area contributed by atoms with Crippen molar-refractivity contribution < 1.29 is 23.9 Å². The van der Waals surface area contributed by atoms with Crippen LogP contribution in [0.15, 0.2) is 48.1 Å². The highest BCUT2D eigenvalue weighted by molar-refractivity contribution is 6.35. The molecule has 0 aliphatic carbocycles. The van der Waals surface area contributed by atoms with E-state index in [1.54, 1.807) is 18.2 Å². The van der Waals surface area contributed by atoms with Crippen LogP contribution in [-0.4, -0.2) is 43.7 Å². The molecule has 0 saturated carbocycles. The number of hydrazone groups is 1. The molecule has 0 fully saturated rings. The van der Waals surface area contributed by atoms with Gasteiger partial charge in [0.15, 0.2) is 18.1 Å². The first-order valence-corrected chi connectivity index (χ1v) is 10.7. The standard InChI is InChI=1S/C25H30N4O5/c1-6-10-26-24(31)25(32)29-27-14-19-8-9-20(21(13-19)33-7-2)34-15-22(30)28-23-17(4)11-16(3)12-18(23)5/h6,8-9,11-14H,1,7,10,15H2,2-5H3,(H,26,31)(H,28,30)(H,29,32)/b27-14-. The first-order valence-electron chi connectivity index (χ1n) is 10.7. The van der Waals surface area contributed by atoms with E-state index in [-0.39, 0.29) is 19.1 Å². The van der Waals surface area contributed by atoms with Gasteiger partial charge in [-0.3, -0.25) is 14.4 Å². The number of nitrogens with zero attached hydrogens (tertiary/aromatic N) is 1. The average Bonchev–Trinajstić information content (AvgIpc) is 2.79. The van der Waals surface area contributed by atoms with Crippen molar-refractivity contribution in [1.82, 2.24) is 10.7 Å². The molecule has 0 aliphatic heterocycles. The van der Waals surface area contributed by atoms with Crippen LogP contribution >= 0.6 is 0 Å². The Hall–Kier alpha value is -4.14. The maximum absolute atomic E-state index is 12.5. The van der Waals surface area contributed by atoms with Crippen LogP contribution in [0.1, 0.15) is 29.2 Å². The number of rotatable bonds is 10. The van der Waals surface area contributed by atoms with E-state index in [1.807, 2.05) is 39.8 Å². The molecule has 3 amide bonds. The second-order valence-electron chi connectivity index (χ2n) is 7.45. The summed E-state index contributed by atoms with van der Waals surface area (Å²) in [7, 11) is 0. The summed E-state index contributed by atoms with van der Waals surface area (Å²) >= 11 is 0. The van der Waals surface area contributed by atoms with Gasteiger partial charge in [-0.15, -0.1) is 6.58 Å². The number of carbonyl (C=O) groups is 3. The van der Waals surface area contributed by atoms with Crippen LogP contribution in [-0.2, 0) is 14.4 Å². The molecule has 0 atom stereocenters. The van der Waals surface area contributed by atoms with Gasteiger partial charge >= 0.3 is 11.8 Å². The fourth-order valence-corrected chi connectivity index (χ4v) is 3.15. The smallest absolute Gasteiger partial charge is 0.329 e. The lowest BCUT2D eigenvalue weighted by molar-refractivity contribution is -0.139. The SMILES string of the molecule is C=CCNC(=O)C(=O)N/N=C\c1ccc(OCC(=O)Nc2c(C)cc(C)cc2C)c(OCC)c1. The number of hydrogen-bond acceptors (Lipinski definition) is 6. The first kappa shape index (κ1) is 26.1. The normalized spacial score (nSPS) is 10.5. The quantitative estimate of drug-likeness (QED) is 0.215. The third kappa shape index (κ3) is 7.77. The molecule has 0 spiro atoms. The van der Waals surface area contributed by atoms with Crippen molar-refractivity contribution >= 4 is 29.6 Å². The molecular weight excluding hydrogens is 436 g/mol. The van der Waals surface area contributed by atoms with E-state index in [0.717, 1.165) is 22.4 Å². The van der Waals surface area contributed by atoms with Crippen LogP contribution in [0.5, 0.6) is 11.5 Å². The maximum atomic E-state index is 12.5. The highest BCUT2D eigenvalue weighted by Gasteiger charge is 2.13. The summed E-state index contributed by atoms with van der Waals surface area (Å²) in [6, 6.07) is 8.98. The van der Waals surface area contributed by atoms with Gasteiger partial charge in [0.05, 0.1) is 12.8 Å². The van der Waals surface area contributed by atoms with Gasteiger partial charge in [0.25, 0.3) is 5.91 Å². The summed E-state index contributed by atoms with van der Waals surface area (Å²) in [5, 5.41) is 9.02. The zero-order chi connectivity index (χ0) is 25.1. The fourth-order valence-electron chi connectivity index (χ4n) is 3.15. The average molecular weight is 467 g/mol. The Labute approximate surface area is 199 Å². The molecule has 9 nitrogen and oxygen atoms in total. The minimum Gasteiger partial charge on any atom is -0.490 e. The van der Waals surface area contributed by atoms with Crippen LogP contribution < -0.4 is 25.5 Å². The molecule has 34 heavy (non-hydrogen) atoms. The van der Waals surface area contributed by atoms with Gasteiger partial charge in [-0.1, -0.05) is 23.8 Å². The lowest BCUT2D eigenvalue weighted by Gasteiger charge is -2.15. The summed E-state index contributed by atoms with van der Waals surface area (Å²) in [6.07, 6.45) is 2.82. The molecule has 0 bridgehead atoms. The molecule has 9 heteroatoms. The molecule has 0 heterocycles. The Kier molecular flexibility index (Phi) is 9.82. The minimum atomic E-state index is -0.895. The topological polar surface area (TPSA) is 118 Å².